The molecule has 0 unspecified atom stereocenters. The summed E-state index contributed by atoms with van der Waals surface area (Å²) in [5, 5.41) is 15.7. The van der Waals surface area contributed by atoms with Crippen LogP contribution in [0, 0.1) is 5.82 Å². The lowest BCUT2D eigenvalue weighted by Gasteiger charge is -2.32. The molecule has 0 spiro atoms. The zero-order valence-electron chi connectivity index (χ0n) is 13.0. The van der Waals surface area contributed by atoms with Gasteiger partial charge < -0.3 is 15.7 Å². The number of hydrogen-bond donors (Lipinski definition) is 3. The van der Waals surface area contributed by atoms with Crippen molar-refractivity contribution in [2.24, 2.45) is 0 Å². The van der Waals surface area contributed by atoms with Gasteiger partial charge in [-0.1, -0.05) is 19.3 Å². The lowest BCUT2D eigenvalue weighted by atomic mass is 9.85. The Morgan fingerprint density at radius 1 is 1.26 bits per heavy atom. The lowest BCUT2D eigenvalue weighted by molar-refractivity contribution is -0.116. The molecule has 1 aliphatic carbocycles. The largest absolute Gasteiger partial charge is 0.388 e. The Hall–Kier alpha value is -1.95. The van der Waals surface area contributed by atoms with E-state index in [0.717, 1.165) is 24.8 Å². The first-order valence-electron chi connectivity index (χ1n) is 8.10. The van der Waals surface area contributed by atoms with Crippen molar-refractivity contribution in [1.29, 1.82) is 0 Å². The maximum Gasteiger partial charge on any atom is 0.254 e. The van der Waals surface area contributed by atoms with Crippen LogP contribution in [-0.2, 0) is 11.2 Å². The Labute approximate surface area is 134 Å². The number of carbonyl (C=O) groups is 2. The van der Waals surface area contributed by atoms with E-state index in [0.29, 0.717) is 31.4 Å². The van der Waals surface area contributed by atoms with Crippen molar-refractivity contribution in [2.45, 2.75) is 50.5 Å². The fourth-order valence-electron chi connectivity index (χ4n) is 3.30. The number of aryl methyl sites for hydroxylation is 1. The molecular formula is C17H21FN2O3. The Kier molecular flexibility index (Phi) is 4.35. The number of nitrogens with one attached hydrogen (secondary N) is 2. The minimum absolute atomic E-state index is 0.0423. The highest BCUT2D eigenvalue weighted by Gasteiger charge is 2.30. The topological polar surface area (TPSA) is 78.4 Å². The molecule has 2 amide bonds. The molecule has 0 atom stereocenters. The molecule has 1 aromatic rings. The van der Waals surface area contributed by atoms with Crippen LogP contribution in [0.3, 0.4) is 0 Å². The molecule has 0 bridgehead atoms. The summed E-state index contributed by atoms with van der Waals surface area (Å²) in [4.78, 5) is 23.6. The quantitative estimate of drug-likeness (QED) is 0.798. The third-order valence-corrected chi connectivity index (χ3v) is 4.70. The first kappa shape index (κ1) is 15.9. The Balaban J connectivity index is 1.71. The number of aliphatic hydroxyl groups is 1. The number of carbonyl (C=O) groups excluding carboxylic acids is 2. The van der Waals surface area contributed by atoms with E-state index in [1.54, 1.807) is 0 Å². The van der Waals surface area contributed by atoms with Gasteiger partial charge in [0.05, 0.1) is 11.2 Å². The highest BCUT2D eigenvalue weighted by molar-refractivity contribution is 5.98. The molecule has 3 N–H and O–H groups in total. The zero-order valence-corrected chi connectivity index (χ0v) is 13.0. The first-order chi connectivity index (χ1) is 11.0. The third-order valence-electron chi connectivity index (χ3n) is 4.70. The molecule has 1 saturated carbocycles. The second kappa shape index (κ2) is 6.28. The average molecular weight is 320 g/mol. The minimum Gasteiger partial charge on any atom is -0.388 e. The van der Waals surface area contributed by atoms with Gasteiger partial charge in [-0.3, -0.25) is 9.59 Å². The van der Waals surface area contributed by atoms with E-state index in [2.05, 4.69) is 10.6 Å². The summed E-state index contributed by atoms with van der Waals surface area (Å²) in [7, 11) is 0. The first-order valence-corrected chi connectivity index (χ1v) is 8.10. The van der Waals surface area contributed by atoms with Crippen molar-refractivity contribution in [2.75, 3.05) is 11.9 Å². The van der Waals surface area contributed by atoms with Gasteiger partial charge in [-0.2, -0.15) is 0 Å². The van der Waals surface area contributed by atoms with Crippen molar-refractivity contribution in [1.82, 2.24) is 5.32 Å². The molecular weight excluding hydrogens is 299 g/mol. The van der Waals surface area contributed by atoms with Crippen LogP contribution in [0.15, 0.2) is 12.1 Å². The highest BCUT2D eigenvalue weighted by Crippen LogP contribution is 2.28. The fourth-order valence-corrected chi connectivity index (χ4v) is 3.30. The molecule has 3 rings (SSSR count). The van der Waals surface area contributed by atoms with E-state index in [9.17, 15) is 19.1 Å². The Bertz CT molecular complexity index is 639. The van der Waals surface area contributed by atoms with E-state index < -0.39 is 17.3 Å². The summed E-state index contributed by atoms with van der Waals surface area (Å²) >= 11 is 0. The van der Waals surface area contributed by atoms with E-state index in [1.807, 2.05) is 0 Å². The third kappa shape index (κ3) is 3.52. The number of benzene rings is 1. The maximum atomic E-state index is 14.1. The van der Waals surface area contributed by atoms with Crippen molar-refractivity contribution in [3.63, 3.8) is 0 Å². The van der Waals surface area contributed by atoms with E-state index >= 15 is 0 Å². The van der Waals surface area contributed by atoms with Crippen LogP contribution >= 0.6 is 0 Å². The summed E-state index contributed by atoms with van der Waals surface area (Å²) < 4.78 is 14.1. The van der Waals surface area contributed by atoms with Crippen LogP contribution in [-0.4, -0.2) is 29.1 Å². The second-order valence-corrected chi connectivity index (χ2v) is 6.51. The van der Waals surface area contributed by atoms with E-state index in [4.69, 9.17) is 0 Å². The predicted molar refractivity (Wildman–Crippen MR) is 83.7 cm³/mol. The van der Waals surface area contributed by atoms with E-state index in [-0.39, 0.29) is 18.0 Å². The van der Waals surface area contributed by atoms with Crippen molar-refractivity contribution < 1.29 is 19.1 Å². The van der Waals surface area contributed by atoms with Gasteiger partial charge in [-0.05, 0) is 37.0 Å². The maximum absolute atomic E-state index is 14.1. The molecule has 1 heterocycles. The smallest absolute Gasteiger partial charge is 0.254 e. The van der Waals surface area contributed by atoms with Gasteiger partial charge in [0.25, 0.3) is 5.91 Å². The summed E-state index contributed by atoms with van der Waals surface area (Å²) in [6.07, 6.45) is 5.13. The molecule has 5 nitrogen and oxygen atoms in total. The van der Waals surface area contributed by atoms with Crippen LogP contribution in [0.1, 0.15) is 54.4 Å². The molecule has 0 aromatic heterocycles. The Morgan fingerprint density at radius 2 is 2.00 bits per heavy atom. The van der Waals surface area contributed by atoms with Gasteiger partial charge in [-0.25, -0.2) is 4.39 Å². The van der Waals surface area contributed by atoms with Crippen LogP contribution in [0.2, 0.25) is 0 Å². The van der Waals surface area contributed by atoms with Gasteiger partial charge in [0.1, 0.15) is 5.82 Å². The standard InChI is InChI=1S/C17H21FN2O3/c18-13-9-14-11(4-5-15(21)20-14)8-12(13)16(22)19-10-17(23)6-2-1-3-7-17/h8-9,23H,1-7,10H2,(H,19,22)(H,20,21). The van der Waals surface area contributed by atoms with Crippen LogP contribution in [0.5, 0.6) is 0 Å². The molecule has 1 fully saturated rings. The predicted octanol–water partition coefficient (Wildman–Crippen LogP) is 2.14. The minimum atomic E-state index is -0.882. The summed E-state index contributed by atoms with van der Waals surface area (Å²) in [6.45, 7) is 0.138. The van der Waals surface area contributed by atoms with Gasteiger partial charge in [0.2, 0.25) is 5.91 Å². The van der Waals surface area contributed by atoms with Gasteiger partial charge in [-0.15, -0.1) is 0 Å². The number of halogens is 1. The van der Waals surface area contributed by atoms with Crippen LogP contribution in [0.4, 0.5) is 10.1 Å². The lowest BCUT2D eigenvalue weighted by Crippen LogP contribution is -2.44. The molecule has 124 valence electrons. The Morgan fingerprint density at radius 3 is 2.74 bits per heavy atom. The molecule has 1 aliphatic heterocycles. The normalized spacial score (nSPS) is 19.7. The number of anilines is 1. The number of amides is 2. The van der Waals surface area contributed by atoms with Crippen molar-refractivity contribution in [3.8, 4) is 0 Å². The van der Waals surface area contributed by atoms with Crippen LogP contribution in [0.25, 0.3) is 0 Å². The van der Waals surface area contributed by atoms with Gasteiger partial charge >= 0.3 is 0 Å². The zero-order chi connectivity index (χ0) is 16.4. The van der Waals surface area contributed by atoms with Gasteiger partial charge in [0.15, 0.2) is 0 Å². The fraction of sp³-hybridized carbons (Fsp3) is 0.529. The molecule has 23 heavy (non-hydrogen) atoms. The van der Waals surface area contributed by atoms with Crippen LogP contribution < -0.4 is 10.6 Å². The number of rotatable bonds is 3. The summed E-state index contributed by atoms with van der Waals surface area (Å²) in [6, 6.07) is 2.68. The van der Waals surface area contributed by atoms with E-state index in [1.165, 1.54) is 12.1 Å². The molecule has 0 saturated heterocycles. The highest BCUT2D eigenvalue weighted by atomic mass is 19.1. The SMILES string of the molecule is O=C1CCc2cc(C(=O)NCC3(O)CCCCC3)c(F)cc2N1. The summed E-state index contributed by atoms with van der Waals surface area (Å²) in [5.74, 6) is -1.34. The molecule has 1 aromatic carbocycles. The summed E-state index contributed by atoms with van der Waals surface area (Å²) in [5.41, 5.74) is 0.264. The molecule has 6 heteroatoms. The number of fused-ring (bicyclic) bond motifs is 1. The van der Waals surface area contributed by atoms with Gasteiger partial charge in [0, 0.05) is 18.7 Å². The average Bonchev–Trinajstić information content (AvgIpc) is 2.52. The van der Waals surface area contributed by atoms with Crippen molar-refractivity contribution >= 4 is 17.5 Å². The number of hydrogen-bond acceptors (Lipinski definition) is 3. The van der Waals surface area contributed by atoms with Crippen molar-refractivity contribution in [3.05, 3.63) is 29.1 Å². The molecule has 0 radical (unpaired) electrons. The monoisotopic (exact) mass is 320 g/mol. The second-order valence-electron chi connectivity index (χ2n) is 6.51. The molecule has 2 aliphatic rings.